The Bertz CT molecular complexity index is 972. The molecule has 1 aliphatic carbocycles. The van der Waals surface area contributed by atoms with E-state index >= 15 is 4.39 Å². The molecule has 160 valence electrons. The molecule has 1 aliphatic heterocycles. The van der Waals surface area contributed by atoms with E-state index in [1.807, 2.05) is 4.90 Å². The first kappa shape index (κ1) is 21.1. The topological polar surface area (TPSA) is 85.7 Å². The predicted molar refractivity (Wildman–Crippen MR) is 106 cm³/mol. The first-order valence-electron chi connectivity index (χ1n) is 9.71. The highest BCUT2D eigenvalue weighted by molar-refractivity contribution is 6.31. The molecule has 1 fully saturated rings. The molecule has 2 aromatic rings. The van der Waals surface area contributed by atoms with Gasteiger partial charge in [0, 0.05) is 43.0 Å². The molecular formula is C21H22ClF2N3O3. The number of aliphatic hydroxyl groups is 2. The van der Waals surface area contributed by atoms with Gasteiger partial charge in [-0.25, -0.2) is 8.78 Å². The molecule has 1 aromatic carbocycles. The number of nitrogens with zero attached hydrogens (tertiary/aromatic N) is 2. The third-order valence-electron chi connectivity index (χ3n) is 5.80. The van der Waals surface area contributed by atoms with E-state index in [1.54, 1.807) is 0 Å². The second-order valence-corrected chi connectivity index (χ2v) is 8.41. The summed E-state index contributed by atoms with van der Waals surface area (Å²) in [4.78, 5) is 18.9. The van der Waals surface area contributed by atoms with Crippen LogP contribution < -0.4 is 5.32 Å². The Morgan fingerprint density at radius 3 is 2.80 bits per heavy atom. The minimum absolute atomic E-state index is 0.00479. The van der Waals surface area contributed by atoms with Gasteiger partial charge < -0.3 is 15.5 Å². The predicted octanol–water partition coefficient (Wildman–Crippen LogP) is 2.01. The lowest BCUT2D eigenvalue weighted by atomic mass is 9.74. The molecule has 4 rings (SSSR count). The Labute approximate surface area is 177 Å². The largest absolute Gasteiger partial charge is 0.390 e. The zero-order chi connectivity index (χ0) is 21.5. The van der Waals surface area contributed by atoms with Crippen molar-refractivity contribution in [3.8, 4) is 0 Å². The maximum absolute atomic E-state index is 16.0. The van der Waals surface area contributed by atoms with Gasteiger partial charge in [-0.1, -0.05) is 23.7 Å². The standard InChI is InChI=1S/C21H22ClF2N3O3/c22-17-8-14(23)4-3-13(17)9-26-19(29)21(24)6-5-20(30,12-27-10-15(28)11-27)18-16(21)2-1-7-25-18/h1-4,7-8,15,28,30H,5-6,9-12H2,(H,26,29)/t20-,21+/m1/s1. The molecule has 2 atom stereocenters. The fraction of sp³-hybridized carbons (Fsp3) is 0.429. The van der Waals surface area contributed by atoms with Crippen LogP contribution in [-0.2, 0) is 22.6 Å². The van der Waals surface area contributed by atoms with E-state index in [0.717, 1.165) is 6.07 Å². The number of carbonyl (C=O) groups is 1. The van der Waals surface area contributed by atoms with Gasteiger partial charge in [0.2, 0.25) is 5.67 Å². The summed E-state index contributed by atoms with van der Waals surface area (Å²) in [6.07, 6.45) is 0.813. The highest BCUT2D eigenvalue weighted by Crippen LogP contribution is 2.46. The minimum atomic E-state index is -2.36. The third kappa shape index (κ3) is 3.80. The van der Waals surface area contributed by atoms with Crippen molar-refractivity contribution in [2.75, 3.05) is 19.6 Å². The highest BCUT2D eigenvalue weighted by Gasteiger charge is 2.52. The van der Waals surface area contributed by atoms with Crippen LogP contribution in [0.25, 0.3) is 0 Å². The highest BCUT2D eigenvalue weighted by atomic mass is 35.5. The number of aliphatic hydroxyl groups excluding tert-OH is 1. The SMILES string of the molecule is O=C(NCc1ccc(F)cc1Cl)[C@]1(F)CC[C@@](O)(CN2CC(O)C2)c2ncccc21. The van der Waals surface area contributed by atoms with Crippen LogP contribution in [-0.4, -0.2) is 51.7 Å². The fourth-order valence-electron chi connectivity index (χ4n) is 4.14. The molecule has 0 radical (unpaired) electrons. The minimum Gasteiger partial charge on any atom is -0.390 e. The van der Waals surface area contributed by atoms with Crippen molar-refractivity contribution in [1.29, 1.82) is 0 Å². The third-order valence-corrected chi connectivity index (χ3v) is 6.15. The van der Waals surface area contributed by atoms with Crippen molar-refractivity contribution in [2.24, 2.45) is 0 Å². The van der Waals surface area contributed by atoms with Crippen molar-refractivity contribution < 1.29 is 23.8 Å². The molecule has 1 saturated heterocycles. The number of likely N-dealkylation sites (tertiary alicyclic amines) is 1. The van der Waals surface area contributed by atoms with E-state index in [0.29, 0.717) is 18.7 Å². The summed E-state index contributed by atoms with van der Waals surface area (Å²) in [6.45, 7) is 1.01. The molecule has 0 unspecified atom stereocenters. The number of alkyl halides is 1. The smallest absolute Gasteiger partial charge is 0.262 e. The van der Waals surface area contributed by atoms with Gasteiger partial charge in [0.25, 0.3) is 5.91 Å². The Kier molecular flexibility index (Phi) is 5.52. The van der Waals surface area contributed by atoms with Gasteiger partial charge in [-0.3, -0.25) is 14.7 Å². The number of halogens is 3. The van der Waals surface area contributed by atoms with Crippen LogP contribution in [0.4, 0.5) is 8.78 Å². The lowest BCUT2D eigenvalue weighted by molar-refractivity contribution is -0.138. The van der Waals surface area contributed by atoms with Crippen molar-refractivity contribution in [3.63, 3.8) is 0 Å². The number of pyridine rings is 1. The molecule has 9 heteroatoms. The maximum atomic E-state index is 16.0. The lowest BCUT2D eigenvalue weighted by Gasteiger charge is -2.45. The van der Waals surface area contributed by atoms with E-state index in [4.69, 9.17) is 11.6 Å². The molecule has 1 aromatic heterocycles. The van der Waals surface area contributed by atoms with Gasteiger partial charge in [-0.15, -0.1) is 0 Å². The fourth-order valence-corrected chi connectivity index (χ4v) is 4.37. The first-order chi connectivity index (χ1) is 14.2. The molecule has 0 bridgehead atoms. The van der Waals surface area contributed by atoms with Gasteiger partial charge in [0.05, 0.1) is 11.8 Å². The quantitative estimate of drug-likeness (QED) is 0.666. The Hall–Kier alpha value is -2.13. The number of aromatic nitrogens is 1. The van der Waals surface area contributed by atoms with Gasteiger partial charge in [0.1, 0.15) is 11.4 Å². The molecule has 2 heterocycles. The molecule has 0 spiro atoms. The Morgan fingerprint density at radius 2 is 2.10 bits per heavy atom. The van der Waals surface area contributed by atoms with E-state index in [2.05, 4.69) is 10.3 Å². The van der Waals surface area contributed by atoms with Crippen molar-refractivity contribution in [1.82, 2.24) is 15.2 Å². The first-order valence-corrected chi connectivity index (χ1v) is 10.1. The van der Waals surface area contributed by atoms with Crippen LogP contribution in [0, 0.1) is 5.82 Å². The summed E-state index contributed by atoms with van der Waals surface area (Å²) in [5.41, 5.74) is -3.15. The molecule has 30 heavy (non-hydrogen) atoms. The number of benzene rings is 1. The zero-order valence-electron chi connectivity index (χ0n) is 16.1. The molecule has 2 aliphatic rings. The van der Waals surface area contributed by atoms with Crippen molar-refractivity contribution in [2.45, 2.75) is 36.8 Å². The van der Waals surface area contributed by atoms with Crippen LogP contribution in [0.2, 0.25) is 5.02 Å². The average Bonchev–Trinajstić information content (AvgIpc) is 2.69. The number of hydrogen-bond donors (Lipinski definition) is 3. The summed E-state index contributed by atoms with van der Waals surface area (Å²) in [7, 11) is 0. The van der Waals surface area contributed by atoms with Gasteiger partial charge in [-0.05, 0) is 36.6 Å². The average molecular weight is 438 g/mol. The maximum Gasteiger partial charge on any atom is 0.262 e. The summed E-state index contributed by atoms with van der Waals surface area (Å²) >= 11 is 5.98. The number of amides is 1. The molecule has 3 N–H and O–H groups in total. The van der Waals surface area contributed by atoms with Crippen LogP contribution in [0.3, 0.4) is 0 Å². The number of carbonyl (C=O) groups excluding carboxylic acids is 1. The van der Waals surface area contributed by atoms with Gasteiger partial charge >= 0.3 is 0 Å². The van der Waals surface area contributed by atoms with Crippen LogP contribution in [0.15, 0.2) is 36.5 Å². The van der Waals surface area contributed by atoms with Gasteiger partial charge in [-0.2, -0.15) is 0 Å². The number of nitrogens with one attached hydrogen (secondary N) is 1. The number of hydrogen-bond acceptors (Lipinski definition) is 5. The second kappa shape index (κ2) is 7.85. The van der Waals surface area contributed by atoms with Crippen LogP contribution >= 0.6 is 11.6 Å². The number of rotatable bonds is 5. The van der Waals surface area contributed by atoms with Crippen molar-refractivity contribution >= 4 is 17.5 Å². The number of fused-ring (bicyclic) bond motifs is 1. The summed E-state index contributed by atoms with van der Waals surface area (Å²) < 4.78 is 29.2. The summed E-state index contributed by atoms with van der Waals surface area (Å²) in [5, 5.41) is 23.4. The molecule has 1 amide bonds. The van der Waals surface area contributed by atoms with Gasteiger partial charge in [0.15, 0.2) is 0 Å². The van der Waals surface area contributed by atoms with Crippen LogP contribution in [0.1, 0.15) is 29.7 Å². The normalized spacial score (nSPS) is 26.7. The molecule has 0 saturated carbocycles. The van der Waals surface area contributed by atoms with Crippen LogP contribution in [0.5, 0.6) is 0 Å². The molecule has 6 nitrogen and oxygen atoms in total. The van der Waals surface area contributed by atoms with E-state index in [1.165, 1.54) is 30.5 Å². The van der Waals surface area contributed by atoms with E-state index < -0.39 is 29.1 Å². The summed E-state index contributed by atoms with van der Waals surface area (Å²) in [6, 6.07) is 6.75. The van der Waals surface area contributed by atoms with E-state index in [-0.39, 0.29) is 42.2 Å². The number of β-amino-alcohol motifs (C(OH)–C–C–N with tert-alkyl or cyclic N) is 2. The second-order valence-electron chi connectivity index (χ2n) is 8.00. The van der Waals surface area contributed by atoms with E-state index in [9.17, 15) is 19.4 Å². The summed E-state index contributed by atoms with van der Waals surface area (Å²) in [5.74, 6) is -1.36. The zero-order valence-corrected chi connectivity index (χ0v) is 16.9. The Balaban J connectivity index is 1.55. The van der Waals surface area contributed by atoms with Crippen molar-refractivity contribution in [3.05, 3.63) is 64.2 Å². The Morgan fingerprint density at radius 1 is 1.33 bits per heavy atom. The monoisotopic (exact) mass is 437 g/mol. The lowest BCUT2D eigenvalue weighted by Crippen LogP contribution is -2.57. The molecular weight excluding hydrogens is 416 g/mol.